The zero-order valence-corrected chi connectivity index (χ0v) is 27.3. The average Bonchev–Trinajstić information content (AvgIpc) is 3.23. The van der Waals surface area contributed by atoms with Crippen molar-refractivity contribution in [3.05, 3.63) is 58.7 Å². The lowest BCUT2D eigenvalue weighted by Crippen LogP contribution is -2.41. The second-order valence-corrected chi connectivity index (χ2v) is 12.0. The van der Waals surface area contributed by atoms with Crippen molar-refractivity contribution in [2.24, 2.45) is 5.92 Å². The molecule has 0 aromatic heterocycles. The number of carboxylic acid groups (broad SMARTS) is 2. The lowest BCUT2D eigenvalue weighted by molar-refractivity contribution is -0.134. The maximum absolute atomic E-state index is 13.4. The van der Waals surface area contributed by atoms with Crippen molar-refractivity contribution in [2.75, 3.05) is 61.2 Å². The Kier molecular flexibility index (Phi) is 12.3. The standard InChI is InChI=1S/C31H42N2O5.C4H4O4/c1-35-27-15-22-8-12-33(13-9-23(22)16-28(27)36-2)31(34)10-11-32(19-21-6-5-7-21)20-25-14-24-17-29(37-3)30(38-4)18-26(24)25;5-3(6)1-2-4(7)8/h15-18,21,25H,5-14,19-20H2,1-4H3;1-2H,(H,5,6)(H,7,8)/t25-;/m1./s1. The molecule has 0 bridgehead atoms. The molecule has 1 atom stereocenters. The Bertz CT molecular complexity index is 1370. The van der Waals surface area contributed by atoms with E-state index >= 15 is 0 Å². The molecule has 2 N–H and O–H groups in total. The number of carbonyl (C=O) groups excluding carboxylic acids is 1. The Morgan fingerprint density at radius 1 is 0.783 bits per heavy atom. The highest BCUT2D eigenvalue weighted by molar-refractivity contribution is 5.89. The van der Waals surface area contributed by atoms with Crippen molar-refractivity contribution < 1.29 is 43.5 Å². The van der Waals surface area contributed by atoms with Gasteiger partial charge < -0.3 is 39.0 Å². The zero-order valence-electron chi connectivity index (χ0n) is 27.3. The van der Waals surface area contributed by atoms with Gasteiger partial charge in [0.1, 0.15) is 0 Å². The van der Waals surface area contributed by atoms with Crippen LogP contribution in [0.15, 0.2) is 36.4 Å². The fourth-order valence-electron chi connectivity index (χ4n) is 6.37. The van der Waals surface area contributed by atoms with Crippen LogP contribution in [0.25, 0.3) is 0 Å². The first-order valence-corrected chi connectivity index (χ1v) is 15.8. The maximum atomic E-state index is 13.4. The van der Waals surface area contributed by atoms with Gasteiger partial charge in [-0.1, -0.05) is 6.42 Å². The molecule has 0 radical (unpaired) electrons. The van der Waals surface area contributed by atoms with Gasteiger partial charge in [-0.2, -0.15) is 0 Å². The number of hydrogen-bond acceptors (Lipinski definition) is 8. The Labute approximate surface area is 270 Å². The zero-order chi connectivity index (χ0) is 33.2. The van der Waals surface area contributed by atoms with Gasteiger partial charge in [0.05, 0.1) is 28.4 Å². The van der Waals surface area contributed by atoms with E-state index in [1.54, 1.807) is 28.4 Å². The van der Waals surface area contributed by atoms with Crippen molar-refractivity contribution in [3.63, 3.8) is 0 Å². The first-order chi connectivity index (χ1) is 22.1. The van der Waals surface area contributed by atoms with E-state index in [0.717, 1.165) is 80.9 Å². The van der Waals surface area contributed by atoms with Gasteiger partial charge in [0.2, 0.25) is 5.91 Å². The predicted molar refractivity (Wildman–Crippen MR) is 172 cm³/mol. The monoisotopic (exact) mass is 638 g/mol. The number of carbonyl (C=O) groups is 3. The predicted octanol–water partition coefficient (Wildman–Crippen LogP) is 4.19. The molecule has 2 aromatic carbocycles. The Morgan fingerprint density at radius 2 is 1.28 bits per heavy atom. The largest absolute Gasteiger partial charge is 0.493 e. The van der Waals surface area contributed by atoms with E-state index in [0.29, 0.717) is 24.5 Å². The van der Waals surface area contributed by atoms with Crippen molar-refractivity contribution >= 4 is 17.8 Å². The molecule has 2 aliphatic carbocycles. The molecule has 5 rings (SSSR count). The van der Waals surface area contributed by atoms with Crippen LogP contribution in [-0.4, -0.2) is 99.0 Å². The molecule has 250 valence electrons. The number of fused-ring (bicyclic) bond motifs is 2. The van der Waals surface area contributed by atoms with E-state index in [4.69, 9.17) is 29.2 Å². The molecule has 0 unspecified atom stereocenters. The lowest BCUT2D eigenvalue weighted by Gasteiger charge is -2.38. The molecule has 11 heteroatoms. The minimum atomic E-state index is -1.26. The smallest absolute Gasteiger partial charge is 0.328 e. The third kappa shape index (κ3) is 8.93. The molecule has 11 nitrogen and oxygen atoms in total. The van der Waals surface area contributed by atoms with Gasteiger partial charge in [-0.15, -0.1) is 0 Å². The number of benzene rings is 2. The number of rotatable bonds is 13. The molecule has 46 heavy (non-hydrogen) atoms. The van der Waals surface area contributed by atoms with E-state index in [1.165, 1.54) is 41.5 Å². The Morgan fingerprint density at radius 3 is 1.74 bits per heavy atom. The fourth-order valence-corrected chi connectivity index (χ4v) is 6.37. The lowest BCUT2D eigenvalue weighted by atomic mass is 9.76. The van der Waals surface area contributed by atoms with Crippen molar-refractivity contribution in [3.8, 4) is 23.0 Å². The van der Waals surface area contributed by atoms with Gasteiger partial charge in [-0.05, 0) is 84.5 Å². The Hall–Kier alpha value is -4.25. The summed E-state index contributed by atoms with van der Waals surface area (Å²) in [4.78, 5) is 37.1. The number of amides is 1. The molecule has 0 saturated heterocycles. The summed E-state index contributed by atoms with van der Waals surface area (Å²) in [6.45, 7) is 4.41. The van der Waals surface area contributed by atoms with Gasteiger partial charge in [0.25, 0.3) is 0 Å². The van der Waals surface area contributed by atoms with Crippen molar-refractivity contribution in [1.29, 1.82) is 0 Å². The molecule has 0 spiro atoms. The normalized spacial score (nSPS) is 17.0. The van der Waals surface area contributed by atoms with Crippen LogP contribution in [-0.2, 0) is 33.6 Å². The summed E-state index contributed by atoms with van der Waals surface area (Å²) < 4.78 is 22.0. The molecule has 1 saturated carbocycles. The van der Waals surface area contributed by atoms with Crippen LogP contribution in [0.2, 0.25) is 0 Å². The fraction of sp³-hybridized carbons (Fsp3) is 0.514. The van der Waals surface area contributed by atoms with Gasteiger partial charge in [-0.3, -0.25) is 4.79 Å². The van der Waals surface area contributed by atoms with Gasteiger partial charge in [-0.25, -0.2) is 9.59 Å². The van der Waals surface area contributed by atoms with Gasteiger partial charge in [0, 0.05) is 57.2 Å². The van der Waals surface area contributed by atoms with Crippen LogP contribution in [0.1, 0.15) is 53.9 Å². The van der Waals surface area contributed by atoms with E-state index < -0.39 is 11.9 Å². The molecule has 1 amide bonds. The van der Waals surface area contributed by atoms with E-state index in [2.05, 4.69) is 34.1 Å². The molecule has 1 fully saturated rings. The van der Waals surface area contributed by atoms with E-state index in [9.17, 15) is 14.4 Å². The summed E-state index contributed by atoms with van der Waals surface area (Å²) in [5, 5.41) is 15.6. The number of carboxylic acids is 2. The van der Waals surface area contributed by atoms with Crippen LogP contribution in [0.5, 0.6) is 23.0 Å². The summed E-state index contributed by atoms with van der Waals surface area (Å²) in [7, 11) is 6.72. The van der Waals surface area contributed by atoms with Gasteiger partial charge >= 0.3 is 11.9 Å². The van der Waals surface area contributed by atoms with Crippen molar-refractivity contribution in [2.45, 2.75) is 50.9 Å². The summed E-state index contributed by atoms with van der Waals surface area (Å²) in [5.41, 5.74) is 5.22. The SMILES string of the molecule is COc1cc2c(cc1OC)CCN(C(=O)CCN(CC1CCC1)C[C@H]1Cc3cc(OC)c(OC)cc31)CC2.O=C(O)C=CC(=O)O. The molecule has 2 aromatic rings. The van der Waals surface area contributed by atoms with Crippen LogP contribution >= 0.6 is 0 Å². The second-order valence-electron chi connectivity index (χ2n) is 12.0. The number of aliphatic carboxylic acids is 2. The molecular formula is C35H46N2O9. The molecule has 1 aliphatic heterocycles. The molecule has 1 heterocycles. The first-order valence-electron chi connectivity index (χ1n) is 15.8. The quantitative estimate of drug-likeness (QED) is 0.308. The van der Waals surface area contributed by atoms with Crippen molar-refractivity contribution in [1.82, 2.24) is 9.80 Å². The summed E-state index contributed by atoms with van der Waals surface area (Å²) in [5.74, 6) is 2.12. The highest BCUT2D eigenvalue weighted by Crippen LogP contribution is 2.43. The third-order valence-electron chi connectivity index (χ3n) is 9.14. The maximum Gasteiger partial charge on any atom is 0.328 e. The average molecular weight is 639 g/mol. The van der Waals surface area contributed by atoms with Gasteiger partial charge in [0.15, 0.2) is 23.0 Å². The van der Waals surface area contributed by atoms with E-state index in [-0.39, 0.29) is 5.91 Å². The topological polar surface area (TPSA) is 135 Å². The third-order valence-corrected chi connectivity index (χ3v) is 9.14. The summed E-state index contributed by atoms with van der Waals surface area (Å²) >= 11 is 0. The van der Waals surface area contributed by atoms with E-state index in [1.807, 2.05) is 0 Å². The number of ether oxygens (including phenoxy) is 4. The van der Waals surface area contributed by atoms with Crippen LogP contribution < -0.4 is 18.9 Å². The summed E-state index contributed by atoms with van der Waals surface area (Å²) in [6, 6.07) is 8.41. The Balaban J connectivity index is 0.000000533. The summed E-state index contributed by atoms with van der Waals surface area (Å²) in [6.07, 6.45) is 8.40. The molecule has 3 aliphatic rings. The molecular weight excluding hydrogens is 592 g/mol. The highest BCUT2D eigenvalue weighted by atomic mass is 16.5. The number of hydrogen-bond donors (Lipinski definition) is 2. The second kappa shape index (κ2) is 16.4. The highest BCUT2D eigenvalue weighted by Gasteiger charge is 2.32. The van der Waals surface area contributed by atoms with Crippen LogP contribution in [0.4, 0.5) is 0 Å². The minimum absolute atomic E-state index is 0.260. The minimum Gasteiger partial charge on any atom is -0.493 e. The van der Waals surface area contributed by atoms with Crippen LogP contribution in [0, 0.1) is 5.92 Å². The first kappa shape index (κ1) is 34.6. The van der Waals surface area contributed by atoms with Crippen LogP contribution in [0.3, 0.4) is 0 Å². The number of methoxy groups -OCH3 is 4. The number of nitrogens with zero attached hydrogens (tertiary/aromatic N) is 2.